The quantitative estimate of drug-likeness (QED) is 0.562. The first kappa shape index (κ1) is 20.0. The third kappa shape index (κ3) is 4.16. The lowest BCUT2D eigenvalue weighted by atomic mass is 9.95. The number of phenolic OH excluding ortho intramolecular Hbond substituents is 1. The molecule has 1 N–H and O–H groups in total. The molecule has 5 heteroatoms. The number of para-hydroxylation sites is 2. The van der Waals surface area contributed by atoms with Gasteiger partial charge in [-0.1, -0.05) is 66.4 Å². The maximum atomic E-state index is 13.3. The highest BCUT2D eigenvalue weighted by Gasteiger charge is 2.37. The van der Waals surface area contributed by atoms with Crippen LogP contribution in [0.1, 0.15) is 17.0 Å². The van der Waals surface area contributed by atoms with Gasteiger partial charge in [-0.05, 0) is 41.5 Å². The van der Waals surface area contributed by atoms with Gasteiger partial charge in [0, 0.05) is 19.8 Å². The first-order valence-corrected chi connectivity index (χ1v) is 10.5. The second-order valence-electron chi connectivity index (χ2n) is 7.24. The lowest BCUT2D eigenvalue weighted by molar-refractivity contribution is -0.114. The number of ketones is 1. The summed E-state index contributed by atoms with van der Waals surface area (Å²) in [4.78, 5) is 20.7. The standard InChI is InChI=1S/C25H22N2O2S/c1-27(2)19-14-12-17(13-15-19)16-22-24(29)23(18-8-4-3-5-9-18)25(30-22)26-20-10-6-7-11-21(20)28/h3-16,23,28H,1-2H3/b22-16-,26-25?. The van der Waals surface area contributed by atoms with Gasteiger partial charge in [-0.15, -0.1) is 0 Å². The first-order valence-electron chi connectivity index (χ1n) is 9.65. The lowest BCUT2D eigenvalue weighted by Gasteiger charge is -2.11. The van der Waals surface area contributed by atoms with Gasteiger partial charge in [0.1, 0.15) is 11.4 Å². The van der Waals surface area contributed by atoms with Gasteiger partial charge in [-0.25, -0.2) is 4.99 Å². The summed E-state index contributed by atoms with van der Waals surface area (Å²) < 4.78 is 0. The Morgan fingerprint density at radius 3 is 2.27 bits per heavy atom. The van der Waals surface area contributed by atoms with E-state index in [0.29, 0.717) is 15.6 Å². The van der Waals surface area contributed by atoms with E-state index in [9.17, 15) is 9.90 Å². The minimum absolute atomic E-state index is 0.0251. The van der Waals surface area contributed by atoms with E-state index in [1.165, 1.54) is 11.8 Å². The van der Waals surface area contributed by atoms with Crippen LogP contribution in [0.3, 0.4) is 0 Å². The van der Waals surface area contributed by atoms with Gasteiger partial charge in [-0.3, -0.25) is 4.79 Å². The highest BCUT2D eigenvalue weighted by Crippen LogP contribution is 2.43. The van der Waals surface area contributed by atoms with Gasteiger partial charge in [0.15, 0.2) is 5.78 Å². The summed E-state index contributed by atoms with van der Waals surface area (Å²) in [7, 11) is 3.99. The van der Waals surface area contributed by atoms with E-state index in [0.717, 1.165) is 16.8 Å². The van der Waals surface area contributed by atoms with Crippen LogP contribution in [0.5, 0.6) is 5.75 Å². The van der Waals surface area contributed by atoms with Crippen molar-refractivity contribution in [1.29, 1.82) is 0 Å². The Bertz CT molecular complexity index is 1120. The smallest absolute Gasteiger partial charge is 0.183 e. The van der Waals surface area contributed by atoms with Gasteiger partial charge in [0.2, 0.25) is 0 Å². The fourth-order valence-electron chi connectivity index (χ4n) is 3.30. The van der Waals surface area contributed by atoms with Crippen LogP contribution in [0, 0.1) is 0 Å². The zero-order chi connectivity index (χ0) is 21.1. The molecular weight excluding hydrogens is 392 g/mol. The molecular formula is C25H22N2O2S. The number of anilines is 1. The SMILES string of the molecule is CN(C)c1ccc(/C=C2\SC(=Nc3ccccc3O)C(c3ccccc3)C2=O)cc1. The van der Waals surface area contributed by atoms with E-state index in [1.54, 1.807) is 18.2 Å². The predicted octanol–water partition coefficient (Wildman–Crippen LogP) is 5.63. The Morgan fingerprint density at radius 1 is 0.933 bits per heavy atom. The number of allylic oxidation sites excluding steroid dienone is 1. The average Bonchev–Trinajstić information content (AvgIpc) is 3.05. The highest BCUT2D eigenvalue weighted by atomic mass is 32.2. The van der Waals surface area contributed by atoms with Crippen LogP contribution in [-0.2, 0) is 4.79 Å². The van der Waals surface area contributed by atoms with Crippen molar-refractivity contribution in [1.82, 2.24) is 0 Å². The van der Waals surface area contributed by atoms with Crippen molar-refractivity contribution < 1.29 is 9.90 Å². The molecule has 0 amide bonds. The fourth-order valence-corrected chi connectivity index (χ4v) is 4.44. The van der Waals surface area contributed by atoms with Crippen molar-refractivity contribution in [3.63, 3.8) is 0 Å². The summed E-state index contributed by atoms with van der Waals surface area (Å²) in [5, 5.41) is 10.8. The van der Waals surface area contributed by atoms with Crippen LogP contribution in [-0.4, -0.2) is 30.0 Å². The minimum Gasteiger partial charge on any atom is -0.506 e. The van der Waals surface area contributed by atoms with E-state index in [2.05, 4.69) is 4.99 Å². The molecule has 0 spiro atoms. The third-order valence-corrected chi connectivity index (χ3v) is 5.99. The zero-order valence-electron chi connectivity index (χ0n) is 16.8. The molecule has 0 saturated carbocycles. The van der Waals surface area contributed by atoms with Gasteiger partial charge >= 0.3 is 0 Å². The molecule has 1 unspecified atom stereocenters. The van der Waals surface area contributed by atoms with Crippen LogP contribution in [0.4, 0.5) is 11.4 Å². The van der Waals surface area contributed by atoms with Gasteiger partial charge in [-0.2, -0.15) is 0 Å². The molecule has 3 aromatic rings. The number of carbonyl (C=O) groups is 1. The number of thioether (sulfide) groups is 1. The number of Topliss-reactive ketones (excluding diaryl/α,β-unsaturated/α-hetero) is 1. The van der Waals surface area contributed by atoms with Crippen molar-refractivity contribution in [2.24, 2.45) is 4.99 Å². The van der Waals surface area contributed by atoms with Crippen molar-refractivity contribution in [2.75, 3.05) is 19.0 Å². The second kappa shape index (κ2) is 8.59. The van der Waals surface area contributed by atoms with Crippen LogP contribution < -0.4 is 4.90 Å². The number of aliphatic imine (C=N–C) groups is 1. The molecule has 30 heavy (non-hydrogen) atoms. The molecule has 4 rings (SSSR count). The summed E-state index contributed by atoms with van der Waals surface area (Å²) >= 11 is 1.37. The van der Waals surface area contributed by atoms with Crippen LogP contribution in [0.15, 0.2) is 88.8 Å². The normalized spacial score (nSPS) is 18.9. The molecule has 0 aromatic heterocycles. The number of benzene rings is 3. The Balaban J connectivity index is 1.74. The van der Waals surface area contributed by atoms with E-state index in [-0.39, 0.29) is 11.5 Å². The Kier molecular flexibility index (Phi) is 5.72. The van der Waals surface area contributed by atoms with Crippen molar-refractivity contribution >= 4 is 40.0 Å². The largest absolute Gasteiger partial charge is 0.506 e. The molecule has 0 aliphatic carbocycles. The monoisotopic (exact) mass is 414 g/mol. The molecule has 1 heterocycles. The van der Waals surface area contributed by atoms with Crippen LogP contribution >= 0.6 is 11.8 Å². The molecule has 0 radical (unpaired) electrons. The van der Waals surface area contributed by atoms with E-state index in [4.69, 9.17) is 0 Å². The number of rotatable bonds is 4. The molecule has 150 valence electrons. The highest BCUT2D eigenvalue weighted by molar-refractivity contribution is 8.19. The van der Waals surface area contributed by atoms with E-state index in [1.807, 2.05) is 85.7 Å². The number of aromatic hydroxyl groups is 1. The van der Waals surface area contributed by atoms with Gasteiger partial charge < -0.3 is 10.0 Å². The van der Waals surface area contributed by atoms with Crippen molar-refractivity contribution in [3.05, 3.63) is 94.9 Å². The number of carbonyl (C=O) groups excluding carboxylic acids is 1. The number of phenols is 1. The zero-order valence-corrected chi connectivity index (χ0v) is 17.6. The van der Waals surface area contributed by atoms with Crippen LogP contribution in [0.2, 0.25) is 0 Å². The maximum absolute atomic E-state index is 13.3. The predicted molar refractivity (Wildman–Crippen MR) is 126 cm³/mol. The third-order valence-electron chi connectivity index (χ3n) is 4.92. The lowest BCUT2D eigenvalue weighted by Crippen LogP contribution is -2.12. The summed E-state index contributed by atoms with van der Waals surface area (Å²) in [6.45, 7) is 0. The molecule has 1 aliphatic heterocycles. The molecule has 3 aromatic carbocycles. The Morgan fingerprint density at radius 2 is 1.60 bits per heavy atom. The Hall–Kier alpha value is -3.31. The summed E-state index contributed by atoms with van der Waals surface area (Å²) in [6, 6.07) is 24.7. The molecule has 0 bridgehead atoms. The van der Waals surface area contributed by atoms with Crippen LogP contribution in [0.25, 0.3) is 6.08 Å². The fraction of sp³-hybridized carbons (Fsp3) is 0.120. The van der Waals surface area contributed by atoms with E-state index >= 15 is 0 Å². The summed E-state index contributed by atoms with van der Waals surface area (Å²) in [5.74, 6) is -0.346. The summed E-state index contributed by atoms with van der Waals surface area (Å²) in [5.41, 5.74) is 3.43. The van der Waals surface area contributed by atoms with Gasteiger partial charge in [0.25, 0.3) is 0 Å². The molecule has 1 fully saturated rings. The van der Waals surface area contributed by atoms with E-state index < -0.39 is 5.92 Å². The Labute approximate surface area is 180 Å². The molecule has 1 aliphatic rings. The second-order valence-corrected chi connectivity index (χ2v) is 8.31. The maximum Gasteiger partial charge on any atom is 0.183 e. The number of hydrogen-bond acceptors (Lipinski definition) is 5. The average molecular weight is 415 g/mol. The molecule has 1 saturated heterocycles. The number of hydrogen-bond donors (Lipinski definition) is 1. The van der Waals surface area contributed by atoms with Gasteiger partial charge in [0.05, 0.1) is 15.9 Å². The van der Waals surface area contributed by atoms with Crippen molar-refractivity contribution in [2.45, 2.75) is 5.92 Å². The minimum atomic E-state index is -0.469. The molecule has 4 nitrogen and oxygen atoms in total. The first-order chi connectivity index (χ1) is 14.5. The summed E-state index contributed by atoms with van der Waals surface area (Å²) in [6.07, 6.45) is 1.91. The number of nitrogens with zero attached hydrogens (tertiary/aromatic N) is 2. The topological polar surface area (TPSA) is 52.9 Å². The molecule has 1 atom stereocenters. The van der Waals surface area contributed by atoms with Crippen molar-refractivity contribution in [3.8, 4) is 5.75 Å².